The SMILES string of the molecule is C[C@H](CNC(=O)[C@@H](C)OC(=O)c1ccc(N2CCCC2=O)cc1)c1ccccc1. The Morgan fingerprint density at radius 1 is 1.07 bits per heavy atom. The van der Waals surface area contributed by atoms with Crippen LogP contribution in [0.25, 0.3) is 0 Å². The van der Waals surface area contributed by atoms with Gasteiger partial charge in [-0.05, 0) is 49.1 Å². The summed E-state index contributed by atoms with van der Waals surface area (Å²) in [6, 6.07) is 16.6. The molecule has 2 atom stereocenters. The number of nitrogens with zero attached hydrogens (tertiary/aromatic N) is 1. The molecule has 6 nitrogen and oxygen atoms in total. The number of hydrogen-bond donors (Lipinski definition) is 1. The van der Waals surface area contributed by atoms with Crippen LogP contribution in [-0.4, -0.2) is 37.0 Å². The zero-order valence-corrected chi connectivity index (χ0v) is 16.8. The molecule has 1 heterocycles. The highest BCUT2D eigenvalue weighted by atomic mass is 16.5. The normalized spacial score (nSPS) is 15.7. The fourth-order valence-electron chi connectivity index (χ4n) is 3.28. The van der Waals surface area contributed by atoms with Gasteiger partial charge in [0.2, 0.25) is 5.91 Å². The molecule has 1 fully saturated rings. The Morgan fingerprint density at radius 3 is 2.38 bits per heavy atom. The van der Waals surface area contributed by atoms with Crippen LogP contribution in [0.15, 0.2) is 54.6 Å². The van der Waals surface area contributed by atoms with Gasteiger partial charge in [-0.2, -0.15) is 0 Å². The molecule has 0 bridgehead atoms. The molecule has 0 unspecified atom stereocenters. The van der Waals surface area contributed by atoms with Gasteiger partial charge in [-0.25, -0.2) is 4.79 Å². The summed E-state index contributed by atoms with van der Waals surface area (Å²) in [5.74, 6) is -0.650. The van der Waals surface area contributed by atoms with Crippen molar-refractivity contribution in [2.24, 2.45) is 0 Å². The number of hydrogen-bond acceptors (Lipinski definition) is 4. The summed E-state index contributed by atoms with van der Waals surface area (Å²) in [6.45, 7) is 4.74. The van der Waals surface area contributed by atoms with Crippen molar-refractivity contribution < 1.29 is 19.1 Å². The van der Waals surface area contributed by atoms with Crippen LogP contribution in [0.3, 0.4) is 0 Å². The summed E-state index contributed by atoms with van der Waals surface area (Å²) in [4.78, 5) is 38.1. The molecule has 1 aliphatic rings. The highest BCUT2D eigenvalue weighted by molar-refractivity contribution is 5.96. The first kappa shape index (κ1) is 20.6. The van der Waals surface area contributed by atoms with E-state index in [2.05, 4.69) is 5.32 Å². The third-order valence-electron chi connectivity index (χ3n) is 5.09. The standard InChI is InChI=1S/C23H26N2O4/c1-16(18-7-4-3-5-8-18)15-24-22(27)17(2)29-23(28)19-10-12-20(13-11-19)25-14-6-9-21(25)26/h3-5,7-8,10-13,16-17H,6,9,14-15H2,1-2H3,(H,24,27)/t16-,17-/m1/s1. The third-order valence-corrected chi connectivity index (χ3v) is 5.09. The Hall–Kier alpha value is -3.15. The summed E-state index contributed by atoms with van der Waals surface area (Å²) in [5, 5.41) is 2.83. The lowest BCUT2D eigenvalue weighted by Gasteiger charge is -2.17. The molecule has 0 spiro atoms. The minimum Gasteiger partial charge on any atom is -0.449 e. The van der Waals surface area contributed by atoms with Gasteiger partial charge in [0.1, 0.15) is 0 Å². The van der Waals surface area contributed by atoms with E-state index >= 15 is 0 Å². The van der Waals surface area contributed by atoms with Crippen molar-refractivity contribution in [3.05, 3.63) is 65.7 Å². The summed E-state index contributed by atoms with van der Waals surface area (Å²) < 4.78 is 5.29. The maximum Gasteiger partial charge on any atom is 0.338 e. The molecular weight excluding hydrogens is 368 g/mol. The van der Waals surface area contributed by atoms with Crippen LogP contribution >= 0.6 is 0 Å². The first-order chi connectivity index (χ1) is 14.0. The molecule has 152 valence electrons. The third kappa shape index (κ3) is 5.22. The van der Waals surface area contributed by atoms with E-state index in [4.69, 9.17) is 4.74 Å². The van der Waals surface area contributed by atoms with Crippen molar-refractivity contribution in [1.29, 1.82) is 0 Å². The highest BCUT2D eigenvalue weighted by Gasteiger charge is 2.23. The Morgan fingerprint density at radius 2 is 1.76 bits per heavy atom. The number of benzene rings is 2. The molecule has 1 N–H and O–H groups in total. The van der Waals surface area contributed by atoms with E-state index in [1.165, 1.54) is 0 Å². The quantitative estimate of drug-likeness (QED) is 0.732. The number of amides is 2. The number of carbonyl (C=O) groups is 3. The predicted molar refractivity (Wildman–Crippen MR) is 111 cm³/mol. The number of nitrogens with one attached hydrogen (secondary N) is 1. The van der Waals surface area contributed by atoms with Crippen molar-refractivity contribution >= 4 is 23.5 Å². The van der Waals surface area contributed by atoms with Crippen molar-refractivity contribution in [2.45, 2.75) is 38.7 Å². The summed E-state index contributed by atoms with van der Waals surface area (Å²) >= 11 is 0. The fourth-order valence-corrected chi connectivity index (χ4v) is 3.28. The van der Waals surface area contributed by atoms with Gasteiger partial charge in [-0.3, -0.25) is 9.59 Å². The number of ether oxygens (including phenoxy) is 1. The Kier molecular flexibility index (Phi) is 6.65. The van der Waals surface area contributed by atoms with E-state index in [1.807, 2.05) is 37.3 Å². The molecule has 3 rings (SSSR count). The van der Waals surface area contributed by atoms with Crippen LogP contribution in [0.1, 0.15) is 48.5 Å². The number of rotatable bonds is 7. The van der Waals surface area contributed by atoms with E-state index in [0.29, 0.717) is 25.1 Å². The maximum atomic E-state index is 12.3. The lowest BCUT2D eigenvalue weighted by molar-refractivity contribution is -0.129. The van der Waals surface area contributed by atoms with Crippen molar-refractivity contribution in [2.75, 3.05) is 18.0 Å². The number of esters is 1. The molecule has 6 heteroatoms. The molecule has 0 aromatic heterocycles. The van der Waals surface area contributed by atoms with Crippen LogP contribution in [-0.2, 0) is 14.3 Å². The summed E-state index contributed by atoms with van der Waals surface area (Å²) in [5.41, 5.74) is 2.25. The second kappa shape index (κ2) is 9.37. The molecule has 2 aromatic rings. The molecule has 0 radical (unpaired) electrons. The first-order valence-electron chi connectivity index (χ1n) is 9.90. The van der Waals surface area contributed by atoms with Crippen LogP contribution in [0.2, 0.25) is 0 Å². The van der Waals surface area contributed by atoms with Crippen LogP contribution in [0.4, 0.5) is 5.69 Å². The lowest BCUT2D eigenvalue weighted by Crippen LogP contribution is -2.37. The summed E-state index contributed by atoms with van der Waals surface area (Å²) in [7, 11) is 0. The topological polar surface area (TPSA) is 75.7 Å². The van der Waals surface area contributed by atoms with Gasteiger partial charge < -0.3 is 15.0 Å². The van der Waals surface area contributed by atoms with Crippen LogP contribution < -0.4 is 10.2 Å². The maximum absolute atomic E-state index is 12.3. The zero-order valence-electron chi connectivity index (χ0n) is 16.8. The van der Waals surface area contributed by atoms with Crippen molar-refractivity contribution in [3.63, 3.8) is 0 Å². The molecule has 2 amide bonds. The van der Waals surface area contributed by atoms with E-state index < -0.39 is 12.1 Å². The zero-order chi connectivity index (χ0) is 20.8. The van der Waals surface area contributed by atoms with Gasteiger partial charge in [-0.15, -0.1) is 0 Å². The molecule has 1 saturated heterocycles. The molecule has 2 aromatic carbocycles. The predicted octanol–water partition coefficient (Wildman–Crippen LogP) is 3.28. The Bertz CT molecular complexity index is 864. The second-order valence-corrected chi connectivity index (χ2v) is 7.30. The lowest BCUT2D eigenvalue weighted by atomic mass is 10.0. The van der Waals surface area contributed by atoms with E-state index in [-0.39, 0.29) is 17.7 Å². The van der Waals surface area contributed by atoms with Crippen molar-refractivity contribution in [1.82, 2.24) is 5.32 Å². The van der Waals surface area contributed by atoms with E-state index in [9.17, 15) is 14.4 Å². The van der Waals surface area contributed by atoms with Crippen molar-refractivity contribution in [3.8, 4) is 0 Å². The molecule has 29 heavy (non-hydrogen) atoms. The minimum atomic E-state index is -0.898. The van der Waals surface area contributed by atoms with E-state index in [1.54, 1.807) is 36.1 Å². The van der Waals surface area contributed by atoms with Gasteiger partial charge >= 0.3 is 5.97 Å². The first-order valence-corrected chi connectivity index (χ1v) is 9.90. The van der Waals surface area contributed by atoms with Gasteiger partial charge in [0.15, 0.2) is 6.10 Å². The van der Waals surface area contributed by atoms with Gasteiger partial charge in [0.05, 0.1) is 5.56 Å². The van der Waals surface area contributed by atoms with Crippen LogP contribution in [0, 0.1) is 0 Å². The molecule has 0 aliphatic carbocycles. The van der Waals surface area contributed by atoms with Gasteiger partial charge in [0, 0.05) is 25.2 Å². The van der Waals surface area contributed by atoms with Crippen LogP contribution in [0.5, 0.6) is 0 Å². The van der Waals surface area contributed by atoms with Gasteiger partial charge in [0.25, 0.3) is 5.91 Å². The highest BCUT2D eigenvalue weighted by Crippen LogP contribution is 2.22. The number of anilines is 1. The summed E-state index contributed by atoms with van der Waals surface area (Å²) in [6.07, 6.45) is 0.502. The number of carbonyl (C=O) groups excluding carboxylic acids is 3. The molecule has 1 aliphatic heterocycles. The molecular formula is C23H26N2O4. The monoisotopic (exact) mass is 394 g/mol. The Balaban J connectivity index is 1.50. The second-order valence-electron chi connectivity index (χ2n) is 7.30. The Labute approximate surface area is 170 Å². The smallest absolute Gasteiger partial charge is 0.338 e. The fraction of sp³-hybridized carbons (Fsp3) is 0.348. The average molecular weight is 394 g/mol. The van der Waals surface area contributed by atoms with Gasteiger partial charge in [-0.1, -0.05) is 37.3 Å². The minimum absolute atomic E-state index is 0.0929. The molecule has 0 saturated carbocycles. The average Bonchev–Trinajstić information content (AvgIpc) is 3.18. The van der Waals surface area contributed by atoms with E-state index in [0.717, 1.165) is 17.7 Å². The largest absolute Gasteiger partial charge is 0.449 e.